The quantitative estimate of drug-likeness (QED) is 0.850. The zero-order chi connectivity index (χ0) is 13.0. The molecule has 0 spiro atoms. The number of hydrogen-bond acceptors (Lipinski definition) is 4. The third-order valence-electron chi connectivity index (χ3n) is 2.99. The Bertz CT molecular complexity index is 489. The summed E-state index contributed by atoms with van der Waals surface area (Å²) < 4.78 is 7.31. The molecule has 5 heteroatoms. The number of nitrogens with one attached hydrogen (secondary N) is 1. The van der Waals surface area contributed by atoms with Crippen molar-refractivity contribution in [3.8, 4) is 0 Å². The van der Waals surface area contributed by atoms with E-state index in [1.807, 2.05) is 17.9 Å². The molecule has 98 valence electrons. The summed E-state index contributed by atoms with van der Waals surface area (Å²) in [6.07, 6.45) is 4.25. The Kier molecular flexibility index (Phi) is 4.15. The minimum atomic E-state index is 0.224. The molecule has 0 saturated heterocycles. The predicted molar refractivity (Wildman–Crippen MR) is 69.3 cm³/mol. The summed E-state index contributed by atoms with van der Waals surface area (Å²) in [5.74, 6) is 1.94. The first kappa shape index (κ1) is 12.8. The Labute approximate surface area is 107 Å². The van der Waals surface area contributed by atoms with Crippen molar-refractivity contribution in [3.63, 3.8) is 0 Å². The summed E-state index contributed by atoms with van der Waals surface area (Å²) >= 11 is 0. The lowest BCUT2D eigenvalue weighted by Crippen LogP contribution is -2.24. The summed E-state index contributed by atoms with van der Waals surface area (Å²) in [7, 11) is 0. The molecule has 0 saturated carbocycles. The van der Waals surface area contributed by atoms with Gasteiger partial charge in [0.2, 0.25) is 0 Å². The van der Waals surface area contributed by atoms with Crippen LogP contribution in [0.1, 0.15) is 37.0 Å². The van der Waals surface area contributed by atoms with Crippen molar-refractivity contribution in [3.05, 3.63) is 35.8 Å². The first-order valence-electron chi connectivity index (χ1n) is 6.39. The summed E-state index contributed by atoms with van der Waals surface area (Å²) in [6, 6.07) is 2.29. The minimum Gasteiger partial charge on any atom is -0.469 e. The van der Waals surface area contributed by atoms with E-state index in [1.54, 1.807) is 6.33 Å². The van der Waals surface area contributed by atoms with E-state index in [4.69, 9.17) is 4.42 Å². The van der Waals surface area contributed by atoms with E-state index in [0.29, 0.717) is 0 Å². The lowest BCUT2D eigenvalue weighted by Gasteiger charge is -2.15. The van der Waals surface area contributed by atoms with Crippen molar-refractivity contribution in [2.75, 3.05) is 6.54 Å². The van der Waals surface area contributed by atoms with Crippen LogP contribution < -0.4 is 5.32 Å². The largest absolute Gasteiger partial charge is 0.469 e. The molecule has 2 rings (SSSR count). The summed E-state index contributed by atoms with van der Waals surface area (Å²) in [6.45, 7) is 7.89. The molecule has 0 aliphatic rings. The van der Waals surface area contributed by atoms with Gasteiger partial charge in [-0.15, -0.1) is 0 Å². The number of furan rings is 1. The lowest BCUT2D eigenvalue weighted by atomic mass is 10.1. The molecule has 0 aromatic carbocycles. The van der Waals surface area contributed by atoms with Gasteiger partial charge in [0.05, 0.1) is 6.26 Å². The van der Waals surface area contributed by atoms with E-state index in [2.05, 4.69) is 35.3 Å². The van der Waals surface area contributed by atoms with E-state index in [1.165, 1.54) is 5.56 Å². The molecule has 0 fully saturated rings. The summed E-state index contributed by atoms with van der Waals surface area (Å²) in [5, 5.41) is 7.66. The molecule has 0 aliphatic carbocycles. The topological polar surface area (TPSA) is 55.9 Å². The smallest absolute Gasteiger partial charge is 0.138 e. The van der Waals surface area contributed by atoms with E-state index in [-0.39, 0.29) is 6.04 Å². The van der Waals surface area contributed by atoms with Gasteiger partial charge in [-0.25, -0.2) is 4.98 Å². The van der Waals surface area contributed by atoms with Gasteiger partial charge < -0.3 is 9.73 Å². The Morgan fingerprint density at radius 3 is 2.89 bits per heavy atom. The summed E-state index contributed by atoms with van der Waals surface area (Å²) in [4.78, 5) is 4.32. The van der Waals surface area contributed by atoms with Crippen LogP contribution in [0.25, 0.3) is 0 Å². The van der Waals surface area contributed by atoms with Crippen LogP contribution in [0.4, 0.5) is 0 Å². The fraction of sp³-hybridized carbons (Fsp3) is 0.538. The third-order valence-corrected chi connectivity index (χ3v) is 2.99. The van der Waals surface area contributed by atoms with Crippen molar-refractivity contribution in [1.29, 1.82) is 0 Å². The first-order valence-corrected chi connectivity index (χ1v) is 6.39. The minimum absolute atomic E-state index is 0.224. The van der Waals surface area contributed by atoms with Gasteiger partial charge in [-0.1, -0.05) is 6.92 Å². The van der Waals surface area contributed by atoms with Gasteiger partial charge in [0.25, 0.3) is 0 Å². The monoisotopic (exact) mass is 248 g/mol. The lowest BCUT2D eigenvalue weighted by molar-refractivity contribution is 0.493. The number of rotatable bonds is 6. The van der Waals surface area contributed by atoms with Crippen LogP contribution in [0, 0.1) is 6.92 Å². The molecule has 18 heavy (non-hydrogen) atoms. The van der Waals surface area contributed by atoms with Crippen LogP contribution in [-0.2, 0) is 13.0 Å². The molecular formula is C13H20N4O. The Balaban J connectivity index is 2.16. The summed E-state index contributed by atoms with van der Waals surface area (Å²) in [5.41, 5.74) is 1.17. The zero-order valence-electron chi connectivity index (χ0n) is 11.2. The van der Waals surface area contributed by atoms with Crippen LogP contribution in [0.5, 0.6) is 0 Å². The molecule has 5 nitrogen and oxygen atoms in total. The maximum absolute atomic E-state index is 5.38. The van der Waals surface area contributed by atoms with E-state index in [9.17, 15) is 0 Å². The predicted octanol–water partition coefficient (Wildman–Crippen LogP) is 2.09. The molecular weight excluding hydrogens is 228 g/mol. The average Bonchev–Trinajstić information content (AvgIpc) is 2.97. The van der Waals surface area contributed by atoms with Crippen molar-refractivity contribution >= 4 is 0 Å². The van der Waals surface area contributed by atoms with Crippen molar-refractivity contribution in [1.82, 2.24) is 20.1 Å². The highest BCUT2D eigenvalue weighted by molar-refractivity contribution is 5.17. The SMILES string of the molecule is CCNC(Cc1ncnn1CC)c1coc(C)c1. The molecule has 2 aromatic heterocycles. The van der Waals surface area contributed by atoms with Gasteiger partial charge in [0.15, 0.2) is 0 Å². The molecule has 0 radical (unpaired) electrons. The van der Waals surface area contributed by atoms with Gasteiger partial charge in [0, 0.05) is 24.6 Å². The van der Waals surface area contributed by atoms with Crippen molar-refractivity contribution < 1.29 is 4.42 Å². The second-order valence-electron chi connectivity index (χ2n) is 4.30. The second-order valence-corrected chi connectivity index (χ2v) is 4.30. The molecule has 1 atom stereocenters. The highest BCUT2D eigenvalue weighted by Crippen LogP contribution is 2.19. The standard InChI is InChI=1S/C13H20N4O/c1-4-14-12(11-6-10(3)18-8-11)7-13-15-9-16-17(13)5-2/h6,8-9,12,14H,4-5,7H2,1-3H3. The number of likely N-dealkylation sites (N-methyl/N-ethyl adjacent to an activating group) is 1. The maximum atomic E-state index is 5.38. The second kappa shape index (κ2) is 5.82. The van der Waals surface area contributed by atoms with Crippen LogP contribution in [-0.4, -0.2) is 21.3 Å². The van der Waals surface area contributed by atoms with E-state index < -0.39 is 0 Å². The molecule has 1 N–H and O–H groups in total. The van der Waals surface area contributed by atoms with Gasteiger partial charge in [-0.05, 0) is 26.5 Å². The van der Waals surface area contributed by atoms with Crippen LogP contribution >= 0.6 is 0 Å². The van der Waals surface area contributed by atoms with Crippen molar-refractivity contribution in [2.24, 2.45) is 0 Å². The maximum Gasteiger partial charge on any atom is 0.138 e. The third kappa shape index (κ3) is 2.79. The highest BCUT2D eigenvalue weighted by atomic mass is 16.3. The Morgan fingerprint density at radius 2 is 2.28 bits per heavy atom. The zero-order valence-corrected chi connectivity index (χ0v) is 11.2. The van der Waals surface area contributed by atoms with Gasteiger partial charge in [-0.2, -0.15) is 5.10 Å². The molecule has 0 amide bonds. The van der Waals surface area contributed by atoms with E-state index >= 15 is 0 Å². The Morgan fingerprint density at radius 1 is 1.44 bits per heavy atom. The molecule has 2 heterocycles. The molecule has 1 unspecified atom stereocenters. The van der Waals surface area contributed by atoms with E-state index in [0.717, 1.165) is 31.1 Å². The average molecular weight is 248 g/mol. The number of hydrogen-bond donors (Lipinski definition) is 1. The van der Waals surface area contributed by atoms with Crippen molar-refractivity contribution in [2.45, 2.75) is 39.8 Å². The van der Waals surface area contributed by atoms with Crippen LogP contribution in [0.2, 0.25) is 0 Å². The van der Waals surface area contributed by atoms with Crippen LogP contribution in [0.15, 0.2) is 23.1 Å². The number of aryl methyl sites for hydroxylation is 2. The fourth-order valence-corrected chi connectivity index (χ4v) is 2.09. The first-order chi connectivity index (χ1) is 8.74. The van der Waals surface area contributed by atoms with Gasteiger partial charge >= 0.3 is 0 Å². The fourth-order valence-electron chi connectivity index (χ4n) is 2.09. The molecule has 0 aliphatic heterocycles. The van der Waals surface area contributed by atoms with Crippen LogP contribution in [0.3, 0.4) is 0 Å². The molecule has 2 aromatic rings. The van der Waals surface area contributed by atoms with Gasteiger partial charge in [-0.3, -0.25) is 4.68 Å². The number of aromatic nitrogens is 3. The normalized spacial score (nSPS) is 12.8. The van der Waals surface area contributed by atoms with Gasteiger partial charge in [0.1, 0.15) is 17.9 Å². The number of nitrogens with zero attached hydrogens (tertiary/aromatic N) is 3. The highest BCUT2D eigenvalue weighted by Gasteiger charge is 2.16. The Hall–Kier alpha value is -1.62. The molecule has 0 bridgehead atoms.